The SMILES string of the molecule is O=c1cc(C2=CCc3ncc(N4CCOCC4)cc32)ccn1Cc1ccc(F)c(F)c1F. The lowest BCUT2D eigenvalue weighted by Gasteiger charge is -2.29. The molecule has 1 saturated heterocycles. The van der Waals surface area contributed by atoms with Gasteiger partial charge < -0.3 is 14.2 Å². The van der Waals surface area contributed by atoms with Gasteiger partial charge in [0.1, 0.15) is 0 Å². The zero-order valence-electron chi connectivity index (χ0n) is 17.2. The van der Waals surface area contributed by atoms with Crippen molar-refractivity contribution in [1.82, 2.24) is 9.55 Å². The molecule has 1 aliphatic carbocycles. The highest BCUT2D eigenvalue weighted by Crippen LogP contribution is 2.33. The van der Waals surface area contributed by atoms with Crippen LogP contribution in [0, 0.1) is 17.5 Å². The first-order valence-corrected chi connectivity index (χ1v) is 10.4. The number of fused-ring (bicyclic) bond motifs is 1. The number of nitrogens with zero attached hydrogens (tertiary/aromatic N) is 3. The molecule has 1 fully saturated rings. The quantitative estimate of drug-likeness (QED) is 0.584. The van der Waals surface area contributed by atoms with Gasteiger partial charge in [0.25, 0.3) is 5.56 Å². The minimum atomic E-state index is -1.54. The van der Waals surface area contributed by atoms with Gasteiger partial charge in [-0.15, -0.1) is 0 Å². The molecule has 3 aromatic rings. The second kappa shape index (κ2) is 8.27. The van der Waals surface area contributed by atoms with Crippen LogP contribution in [0.25, 0.3) is 5.57 Å². The summed E-state index contributed by atoms with van der Waals surface area (Å²) in [7, 11) is 0. The van der Waals surface area contributed by atoms with E-state index in [0.717, 1.165) is 53.3 Å². The molecule has 5 nitrogen and oxygen atoms in total. The Morgan fingerprint density at radius 3 is 2.62 bits per heavy atom. The van der Waals surface area contributed by atoms with Crippen LogP contribution >= 0.6 is 0 Å². The summed E-state index contributed by atoms with van der Waals surface area (Å²) in [4.78, 5) is 19.5. The summed E-state index contributed by atoms with van der Waals surface area (Å²) in [5.41, 5.74) is 4.15. The van der Waals surface area contributed by atoms with Crippen molar-refractivity contribution in [2.45, 2.75) is 13.0 Å². The fourth-order valence-electron chi connectivity index (χ4n) is 4.13. The van der Waals surface area contributed by atoms with Gasteiger partial charge in [-0.1, -0.05) is 12.1 Å². The van der Waals surface area contributed by atoms with Crippen molar-refractivity contribution in [1.29, 1.82) is 0 Å². The van der Waals surface area contributed by atoms with E-state index in [1.54, 1.807) is 6.07 Å². The number of pyridine rings is 2. The zero-order valence-corrected chi connectivity index (χ0v) is 17.2. The maximum absolute atomic E-state index is 14.0. The van der Waals surface area contributed by atoms with Gasteiger partial charge in [-0.2, -0.15) is 0 Å². The van der Waals surface area contributed by atoms with Gasteiger partial charge in [0.05, 0.1) is 37.3 Å². The molecule has 0 spiro atoms. The number of morpholine rings is 1. The molecule has 0 radical (unpaired) electrons. The fourth-order valence-corrected chi connectivity index (χ4v) is 4.13. The Labute approximate surface area is 182 Å². The number of ether oxygens (including phenoxy) is 1. The molecule has 164 valence electrons. The largest absolute Gasteiger partial charge is 0.378 e. The van der Waals surface area contributed by atoms with E-state index in [-0.39, 0.29) is 17.7 Å². The first-order valence-electron chi connectivity index (χ1n) is 10.4. The van der Waals surface area contributed by atoms with Gasteiger partial charge in [0.15, 0.2) is 17.5 Å². The van der Waals surface area contributed by atoms with Crippen molar-refractivity contribution < 1.29 is 17.9 Å². The lowest BCUT2D eigenvalue weighted by molar-refractivity contribution is 0.122. The molecule has 0 unspecified atom stereocenters. The van der Waals surface area contributed by atoms with Gasteiger partial charge in [0, 0.05) is 42.9 Å². The first kappa shape index (κ1) is 20.5. The van der Waals surface area contributed by atoms with Gasteiger partial charge in [-0.05, 0) is 29.3 Å². The topological polar surface area (TPSA) is 47.4 Å². The van der Waals surface area contributed by atoms with E-state index in [0.29, 0.717) is 19.6 Å². The van der Waals surface area contributed by atoms with E-state index < -0.39 is 17.5 Å². The summed E-state index contributed by atoms with van der Waals surface area (Å²) in [6.07, 6.45) is 6.12. The molecule has 8 heteroatoms. The minimum absolute atomic E-state index is 0.0940. The highest BCUT2D eigenvalue weighted by molar-refractivity contribution is 5.85. The van der Waals surface area contributed by atoms with E-state index in [1.165, 1.54) is 16.8 Å². The maximum Gasteiger partial charge on any atom is 0.251 e. The predicted molar refractivity (Wildman–Crippen MR) is 114 cm³/mol. The molecule has 0 bridgehead atoms. The average molecular weight is 439 g/mol. The van der Waals surface area contributed by atoms with Crippen molar-refractivity contribution in [3.05, 3.63) is 99.0 Å². The lowest BCUT2D eigenvalue weighted by Crippen LogP contribution is -2.36. The minimum Gasteiger partial charge on any atom is -0.378 e. The molecular formula is C24H20F3N3O2. The van der Waals surface area contributed by atoms with Crippen LogP contribution in [0.15, 0.2) is 53.6 Å². The standard InChI is InChI=1S/C24H20F3N3O2/c25-20-3-1-16(23(26)24(20)27)14-30-6-5-15(11-22(30)31)18-2-4-21-19(18)12-17(13-28-21)29-7-9-32-10-8-29/h1-3,5-6,11-13H,4,7-10,14H2. The van der Waals surface area contributed by atoms with Crippen molar-refractivity contribution in [2.75, 3.05) is 31.2 Å². The Bertz CT molecular complexity index is 1280. The van der Waals surface area contributed by atoms with Crippen LogP contribution in [-0.4, -0.2) is 35.9 Å². The van der Waals surface area contributed by atoms with E-state index in [2.05, 4.69) is 16.0 Å². The number of anilines is 1. The number of rotatable bonds is 4. The third-order valence-electron chi connectivity index (χ3n) is 5.88. The zero-order chi connectivity index (χ0) is 22.2. The molecule has 2 aromatic heterocycles. The number of hydrogen-bond acceptors (Lipinski definition) is 4. The maximum atomic E-state index is 14.0. The predicted octanol–water partition coefficient (Wildman–Crippen LogP) is 3.53. The Morgan fingerprint density at radius 2 is 1.84 bits per heavy atom. The third kappa shape index (κ3) is 3.71. The average Bonchev–Trinajstić information content (AvgIpc) is 3.24. The van der Waals surface area contributed by atoms with Crippen LogP contribution in [0.4, 0.5) is 18.9 Å². The van der Waals surface area contributed by atoms with E-state index >= 15 is 0 Å². The van der Waals surface area contributed by atoms with Crippen molar-refractivity contribution in [3.8, 4) is 0 Å². The van der Waals surface area contributed by atoms with Crippen molar-refractivity contribution in [3.63, 3.8) is 0 Å². The first-order chi connectivity index (χ1) is 15.5. The number of halogens is 3. The highest BCUT2D eigenvalue weighted by Gasteiger charge is 2.21. The Kier molecular flexibility index (Phi) is 5.30. The van der Waals surface area contributed by atoms with Crippen LogP contribution < -0.4 is 10.5 Å². The summed E-state index contributed by atoms with van der Waals surface area (Å²) < 4.78 is 47.4. The molecule has 1 aromatic carbocycles. The summed E-state index contributed by atoms with van der Waals surface area (Å²) >= 11 is 0. The van der Waals surface area contributed by atoms with E-state index in [1.807, 2.05) is 12.3 Å². The summed E-state index contributed by atoms with van der Waals surface area (Å²) in [6.45, 7) is 2.76. The molecule has 0 amide bonds. The van der Waals surface area contributed by atoms with Crippen LogP contribution in [0.5, 0.6) is 0 Å². The molecular weight excluding hydrogens is 419 g/mol. The molecule has 0 atom stereocenters. The molecule has 3 heterocycles. The highest BCUT2D eigenvalue weighted by atomic mass is 19.2. The second-order valence-electron chi connectivity index (χ2n) is 7.83. The summed E-state index contributed by atoms with van der Waals surface area (Å²) in [6, 6.07) is 7.32. The van der Waals surface area contributed by atoms with Crippen LogP contribution in [0.2, 0.25) is 0 Å². The number of benzene rings is 1. The Hall–Kier alpha value is -3.39. The third-order valence-corrected chi connectivity index (χ3v) is 5.88. The molecule has 0 saturated carbocycles. The molecule has 5 rings (SSSR count). The van der Waals surface area contributed by atoms with Gasteiger partial charge in [-0.3, -0.25) is 9.78 Å². The molecule has 32 heavy (non-hydrogen) atoms. The lowest BCUT2D eigenvalue weighted by atomic mass is 10.0. The number of hydrogen-bond donors (Lipinski definition) is 0. The number of aromatic nitrogens is 2. The monoisotopic (exact) mass is 439 g/mol. The second-order valence-corrected chi connectivity index (χ2v) is 7.83. The van der Waals surface area contributed by atoms with Gasteiger partial charge in [-0.25, -0.2) is 13.2 Å². The van der Waals surface area contributed by atoms with E-state index in [4.69, 9.17) is 4.74 Å². The Balaban J connectivity index is 1.42. The van der Waals surface area contributed by atoms with Crippen molar-refractivity contribution >= 4 is 11.3 Å². The van der Waals surface area contributed by atoms with Gasteiger partial charge in [0.2, 0.25) is 0 Å². The normalized spacial score (nSPS) is 15.6. The summed E-state index contributed by atoms with van der Waals surface area (Å²) in [5, 5.41) is 0. The Morgan fingerprint density at radius 1 is 1.03 bits per heavy atom. The number of allylic oxidation sites excluding steroid dienone is 1. The molecule has 1 aliphatic heterocycles. The van der Waals surface area contributed by atoms with Crippen LogP contribution in [0.3, 0.4) is 0 Å². The molecule has 0 N–H and O–H groups in total. The summed E-state index contributed by atoms with van der Waals surface area (Å²) in [5.74, 6) is -4.08. The van der Waals surface area contributed by atoms with Gasteiger partial charge >= 0.3 is 0 Å². The molecule has 2 aliphatic rings. The van der Waals surface area contributed by atoms with Crippen LogP contribution in [0.1, 0.15) is 22.4 Å². The smallest absolute Gasteiger partial charge is 0.251 e. The van der Waals surface area contributed by atoms with Crippen molar-refractivity contribution in [2.24, 2.45) is 0 Å². The van der Waals surface area contributed by atoms with Crippen LogP contribution in [-0.2, 0) is 17.7 Å². The fraction of sp³-hybridized carbons (Fsp3) is 0.250. The van der Waals surface area contributed by atoms with E-state index in [9.17, 15) is 18.0 Å².